The zero-order valence-corrected chi connectivity index (χ0v) is 16.7. The number of hydrogen-bond acceptors (Lipinski definition) is 6. The molecule has 0 unspecified atom stereocenters. The maximum Gasteiger partial charge on any atom is 0.330 e. The molecule has 1 aromatic carbocycles. The van der Waals surface area contributed by atoms with Crippen LogP contribution in [0.2, 0.25) is 5.02 Å². The molecule has 0 spiro atoms. The highest BCUT2D eigenvalue weighted by Gasteiger charge is 2.20. The summed E-state index contributed by atoms with van der Waals surface area (Å²) in [5, 5.41) is 4.27. The molecule has 28 heavy (non-hydrogen) atoms. The minimum atomic E-state index is -0.382. The topological polar surface area (TPSA) is 67.3 Å². The zero-order chi connectivity index (χ0) is 19.8. The van der Waals surface area contributed by atoms with Crippen molar-refractivity contribution in [3.05, 3.63) is 59.0 Å². The van der Waals surface area contributed by atoms with E-state index in [2.05, 4.69) is 26.3 Å². The van der Waals surface area contributed by atoms with Gasteiger partial charge in [-0.15, -0.1) is 0 Å². The number of likely N-dealkylation sites (tertiary alicyclic amines) is 1. The van der Waals surface area contributed by atoms with Crippen LogP contribution in [-0.4, -0.2) is 46.6 Å². The average molecular weight is 401 g/mol. The van der Waals surface area contributed by atoms with Crippen molar-refractivity contribution in [1.82, 2.24) is 14.9 Å². The highest BCUT2D eigenvalue weighted by molar-refractivity contribution is 6.31. The van der Waals surface area contributed by atoms with Crippen LogP contribution in [0.1, 0.15) is 31.0 Å². The van der Waals surface area contributed by atoms with Crippen molar-refractivity contribution in [2.45, 2.75) is 32.4 Å². The van der Waals surface area contributed by atoms with Crippen molar-refractivity contribution >= 4 is 29.5 Å². The van der Waals surface area contributed by atoms with Gasteiger partial charge in [-0.05, 0) is 44.0 Å². The van der Waals surface area contributed by atoms with Gasteiger partial charge < -0.3 is 10.1 Å². The molecule has 7 heteroatoms. The summed E-state index contributed by atoms with van der Waals surface area (Å²) < 4.78 is 4.85. The Morgan fingerprint density at radius 3 is 2.96 bits per heavy atom. The first-order valence-electron chi connectivity index (χ1n) is 9.53. The van der Waals surface area contributed by atoms with Crippen LogP contribution in [0.4, 0.5) is 5.82 Å². The van der Waals surface area contributed by atoms with E-state index >= 15 is 0 Å². The summed E-state index contributed by atoms with van der Waals surface area (Å²) in [5.41, 5.74) is 1.77. The van der Waals surface area contributed by atoms with Gasteiger partial charge in [0.1, 0.15) is 5.82 Å². The lowest BCUT2D eigenvalue weighted by molar-refractivity contribution is -0.137. The quantitative estimate of drug-likeness (QED) is 0.563. The minimum Gasteiger partial charge on any atom is -0.463 e. The molecule has 1 atom stereocenters. The Kier molecular flexibility index (Phi) is 7.39. The lowest BCUT2D eigenvalue weighted by atomic mass is 10.0. The van der Waals surface area contributed by atoms with E-state index in [1.165, 1.54) is 6.08 Å². The Hall–Kier alpha value is -2.44. The first kappa shape index (κ1) is 20.3. The van der Waals surface area contributed by atoms with E-state index in [9.17, 15) is 4.79 Å². The molecular formula is C21H25ClN4O2. The van der Waals surface area contributed by atoms with Crippen molar-refractivity contribution in [1.29, 1.82) is 0 Å². The van der Waals surface area contributed by atoms with Gasteiger partial charge in [-0.25, -0.2) is 9.78 Å². The number of hydrogen-bond donors (Lipinski definition) is 1. The lowest BCUT2D eigenvalue weighted by Crippen LogP contribution is -2.41. The molecule has 148 valence electrons. The predicted molar refractivity (Wildman–Crippen MR) is 111 cm³/mol. The number of nitrogens with one attached hydrogen (secondary N) is 1. The molecule has 1 N–H and O–H groups in total. The molecule has 1 aliphatic heterocycles. The molecule has 0 radical (unpaired) electrons. The Balaban J connectivity index is 1.53. The highest BCUT2D eigenvalue weighted by Crippen LogP contribution is 2.21. The molecule has 0 saturated carbocycles. The Morgan fingerprint density at radius 2 is 2.21 bits per heavy atom. The number of carbonyl (C=O) groups excluding carboxylic acids is 1. The minimum absolute atomic E-state index is 0.312. The number of rotatable bonds is 7. The first-order valence-corrected chi connectivity index (χ1v) is 9.91. The van der Waals surface area contributed by atoms with Gasteiger partial charge in [-0.2, -0.15) is 0 Å². The van der Waals surface area contributed by atoms with E-state index in [0.29, 0.717) is 18.3 Å². The van der Waals surface area contributed by atoms with E-state index in [4.69, 9.17) is 16.3 Å². The highest BCUT2D eigenvalue weighted by atomic mass is 35.5. The molecule has 1 saturated heterocycles. The molecule has 1 aliphatic rings. The van der Waals surface area contributed by atoms with E-state index in [0.717, 1.165) is 48.9 Å². The first-order chi connectivity index (χ1) is 13.6. The Bertz CT molecular complexity index is 810. The third-order valence-corrected chi connectivity index (χ3v) is 4.93. The van der Waals surface area contributed by atoms with Crippen molar-refractivity contribution in [3.8, 4) is 0 Å². The summed E-state index contributed by atoms with van der Waals surface area (Å²) in [7, 11) is 0. The molecule has 6 nitrogen and oxygen atoms in total. The van der Waals surface area contributed by atoms with Gasteiger partial charge in [0.25, 0.3) is 0 Å². The van der Waals surface area contributed by atoms with Crippen LogP contribution >= 0.6 is 11.6 Å². The predicted octanol–water partition coefficient (Wildman–Crippen LogP) is 3.78. The molecular weight excluding hydrogens is 376 g/mol. The molecule has 0 bridgehead atoms. The van der Waals surface area contributed by atoms with Crippen LogP contribution in [-0.2, 0) is 16.1 Å². The Morgan fingerprint density at radius 1 is 1.36 bits per heavy atom. The number of piperidine rings is 1. The largest absolute Gasteiger partial charge is 0.463 e. The lowest BCUT2D eigenvalue weighted by Gasteiger charge is -2.33. The average Bonchev–Trinajstić information content (AvgIpc) is 2.70. The summed E-state index contributed by atoms with van der Waals surface area (Å²) in [6.07, 6.45) is 8.50. The number of ether oxygens (including phenoxy) is 1. The van der Waals surface area contributed by atoms with Crippen LogP contribution in [0.25, 0.3) is 6.08 Å². The molecule has 3 rings (SSSR count). The number of carbonyl (C=O) groups is 1. The van der Waals surface area contributed by atoms with Crippen LogP contribution in [0.5, 0.6) is 0 Å². The maximum absolute atomic E-state index is 11.3. The fourth-order valence-electron chi connectivity index (χ4n) is 3.24. The van der Waals surface area contributed by atoms with Crippen LogP contribution in [0, 0.1) is 0 Å². The molecule has 1 fully saturated rings. The standard InChI is InChI=1S/C21H25ClN4O2/c1-2-28-21(27)10-9-17-12-24-20(13-23-17)25-18-7-5-11-26(15-18)14-16-6-3-4-8-19(16)22/h3-4,6,8-10,12-13,18H,2,5,7,11,14-15H2,1H3,(H,24,25)/b10-9+/t18-/m1/s1. The van der Waals surface area contributed by atoms with Gasteiger partial charge in [0.05, 0.1) is 24.7 Å². The van der Waals surface area contributed by atoms with Crippen molar-refractivity contribution in [2.75, 3.05) is 25.0 Å². The second kappa shape index (κ2) is 10.2. The van der Waals surface area contributed by atoms with Gasteiger partial charge in [0, 0.05) is 30.2 Å². The summed E-state index contributed by atoms with van der Waals surface area (Å²) >= 11 is 6.29. The third kappa shape index (κ3) is 6.04. The number of anilines is 1. The van der Waals surface area contributed by atoms with E-state index in [1.54, 1.807) is 25.4 Å². The van der Waals surface area contributed by atoms with Crippen LogP contribution < -0.4 is 5.32 Å². The second-order valence-corrected chi connectivity index (χ2v) is 7.13. The maximum atomic E-state index is 11.3. The van der Waals surface area contributed by atoms with Crippen LogP contribution in [0.15, 0.2) is 42.7 Å². The second-order valence-electron chi connectivity index (χ2n) is 6.72. The number of esters is 1. The summed E-state index contributed by atoms with van der Waals surface area (Å²) in [6, 6.07) is 8.30. The van der Waals surface area contributed by atoms with E-state index in [1.807, 2.05) is 18.2 Å². The van der Waals surface area contributed by atoms with Crippen LogP contribution in [0.3, 0.4) is 0 Å². The van der Waals surface area contributed by atoms with Gasteiger partial charge in [0.15, 0.2) is 0 Å². The molecule has 2 aromatic rings. The molecule has 0 amide bonds. The van der Waals surface area contributed by atoms with Gasteiger partial charge in [-0.1, -0.05) is 29.8 Å². The van der Waals surface area contributed by atoms with E-state index in [-0.39, 0.29) is 5.97 Å². The van der Waals surface area contributed by atoms with Crippen molar-refractivity contribution in [2.24, 2.45) is 0 Å². The fourth-order valence-corrected chi connectivity index (χ4v) is 3.43. The number of benzene rings is 1. The number of nitrogens with zero attached hydrogens (tertiary/aromatic N) is 3. The van der Waals surface area contributed by atoms with Crippen molar-refractivity contribution < 1.29 is 9.53 Å². The number of halogens is 1. The zero-order valence-electron chi connectivity index (χ0n) is 16.0. The summed E-state index contributed by atoms with van der Waals surface area (Å²) in [4.78, 5) is 22.5. The normalized spacial score (nSPS) is 17.6. The van der Waals surface area contributed by atoms with E-state index < -0.39 is 0 Å². The molecule has 2 heterocycles. The van der Waals surface area contributed by atoms with Gasteiger partial charge in [0.2, 0.25) is 0 Å². The van der Waals surface area contributed by atoms with Gasteiger partial charge in [-0.3, -0.25) is 9.88 Å². The van der Waals surface area contributed by atoms with Crippen molar-refractivity contribution in [3.63, 3.8) is 0 Å². The monoisotopic (exact) mass is 400 g/mol. The SMILES string of the molecule is CCOC(=O)/C=C/c1cnc(N[C@@H]2CCCN(Cc3ccccc3Cl)C2)cn1. The fraction of sp³-hybridized carbons (Fsp3) is 0.381. The third-order valence-electron chi connectivity index (χ3n) is 4.56. The molecule has 1 aromatic heterocycles. The smallest absolute Gasteiger partial charge is 0.330 e. The summed E-state index contributed by atoms with van der Waals surface area (Å²) in [5.74, 6) is 0.352. The molecule has 0 aliphatic carbocycles. The van der Waals surface area contributed by atoms with Gasteiger partial charge >= 0.3 is 5.97 Å². The summed E-state index contributed by atoms with van der Waals surface area (Å²) in [6.45, 7) is 4.96. The number of aromatic nitrogens is 2. The Labute approximate surface area is 170 Å².